The fraction of sp³-hybridized carbons (Fsp3) is 0.353. The summed E-state index contributed by atoms with van der Waals surface area (Å²) in [5.41, 5.74) is 8.27. The number of nitrogens with one attached hydrogen (secondary N) is 1. The van der Waals surface area contributed by atoms with Crippen LogP contribution >= 0.6 is 0 Å². The van der Waals surface area contributed by atoms with E-state index in [4.69, 9.17) is 5.73 Å². The molecule has 1 aliphatic rings. The number of aromatic nitrogens is 4. The van der Waals surface area contributed by atoms with E-state index >= 15 is 0 Å². The van der Waals surface area contributed by atoms with Crippen molar-refractivity contribution in [1.82, 2.24) is 24.3 Å². The zero-order valence-electron chi connectivity index (χ0n) is 15.6. The molecule has 0 spiro atoms. The maximum absolute atomic E-state index is 12.8. The monoisotopic (exact) mass is 436 g/mol. The largest absolute Gasteiger partial charge is 0.381 e. The minimum absolute atomic E-state index is 0.0115. The number of nitrogens with two attached hydrogens (primary N) is 1. The van der Waals surface area contributed by atoms with Crippen LogP contribution < -0.4 is 10.5 Å². The molecule has 154 valence electrons. The van der Waals surface area contributed by atoms with Crippen LogP contribution in [0.1, 0.15) is 12.0 Å². The molecule has 3 N–H and O–H groups in total. The number of anilines is 1. The molecule has 0 radical (unpaired) electrons. The van der Waals surface area contributed by atoms with Gasteiger partial charge in [-0.25, -0.2) is 36.0 Å². The second-order valence-corrected chi connectivity index (χ2v) is 11.1. The van der Waals surface area contributed by atoms with Gasteiger partial charge in [-0.05, 0) is 37.0 Å². The van der Waals surface area contributed by atoms with Gasteiger partial charge in [0, 0.05) is 12.1 Å². The van der Waals surface area contributed by atoms with Gasteiger partial charge < -0.3 is 5.73 Å². The molecule has 1 fully saturated rings. The highest BCUT2D eigenvalue weighted by Gasteiger charge is 2.29. The Morgan fingerprint density at radius 3 is 2.83 bits per heavy atom. The van der Waals surface area contributed by atoms with Crippen molar-refractivity contribution in [3.63, 3.8) is 0 Å². The number of benzene rings is 1. The van der Waals surface area contributed by atoms with Crippen LogP contribution in [0.2, 0.25) is 0 Å². The topological polar surface area (TPSA) is 149 Å². The number of hydrogen-bond donors (Lipinski definition) is 2. The van der Waals surface area contributed by atoms with Gasteiger partial charge in [-0.15, -0.1) is 0 Å². The number of imidazole rings is 1. The van der Waals surface area contributed by atoms with E-state index in [2.05, 4.69) is 19.8 Å². The highest BCUT2D eigenvalue weighted by atomic mass is 32.2. The van der Waals surface area contributed by atoms with Crippen molar-refractivity contribution in [2.75, 3.05) is 23.8 Å². The molecule has 1 atom stereocenters. The minimum Gasteiger partial charge on any atom is -0.381 e. The first kappa shape index (κ1) is 19.7. The predicted molar refractivity (Wildman–Crippen MR) is 107 cm³/mol. The second kappa shape index (κ2) is 7.04. The van der Waals surface area contributed by atoms with E-state index in [0.29, 0.717) is 23.3 Å². The molecule has 4 rings (SSSR count). The molecule has 1 unspecified atom stereocenters. The van der Waals surface area contributed by atoms with E-state index in [9.17, 15) is 16.8 Å². The van der Waals surface area contributed by atoms with Crippen molar-refractivity contribution >= 4 is 31.3 Å². The highest BCUT2D eigenvalue weighted by molar-refractivity contribution is 7.91. The molecule has 1 aliphatic heterocycles. The summed E-state index contributed by atoms with van der Waals surface area (Å²) in [6.07, 6.45) is 3.34. The lowest BCUT2D eigenvalue weighted by atomic mass is 10.1. The predicted octanol–water partition coefficient (Wildman–Crippen LogP) is 0.395. The van der Waals surface area contributed by atoms with Crippen molar-refractivity contribution in [2.45, 2.75) is 18.2 Å². The standard InChI is InChI=1S/C17H20N6O4S2/c1-11-2-3-13(29(26,27)22-7-12-4-5-28(24,25)9-12)6-14(11)15-8-19-17-16(18)20-10-21-23(15)17/h2-3,6,8,10,12,22H,4-5,7,9H2,1H3,(H2,18,20,21). The molecule has 0 amide bonds. The first-order valence-electron chi connectivity index (χ1n) is 8.91. The molecule has 0 aliphatic carbocycles. The Bertz CT molecular complexity index is 1300. The summed E-state index contributed by atoms with van der Waals surface area (Å²) in [4.78, 5) is 8.20. The van der Waals surface area contributed by atoms with Crippen molar-refractivity contribution in [3.05, 3.63) is 36.3 Å². The van der Waals surface area contributed by atoms with Gasteiger partial charge in [0.05, 0.1) is 28.3 Å². The van der Waals surface area contributed by atoms with Gasteiger partial charge in [-0.3, -0.25) is 0 Å². The van der Waals surface area contributed by atoms with Crippen molar-refractivity contribution in [2.24, 2.45) is 5.92 Å². The van der Waals surface area contributed by atoms with Crippen LogP contribution in [0.5, 0.6) is 0 Å². The molecule has 1 aromatic carbocycles. The Balaban J connectivity index is 1.65. The third kappa shape index (κ3) is 3.82. The van der Waals surface area contributed by atoms with Crippen molar-refractivity contribution in [1.29, 1.82) is 0 Å². The van der Waals surface area contributed by atoms with Crippen LogP contribution in [0.4, 0.5) is 5.82 Å². The first-order chi connectivity index (χ1) is 13.7. The average Bonchev–Trinajstić information content (AvgIpc) is 3.24. The van der Waals surface area contributed by atoms with E-state index in [-0.39, 0.29) is 34.7 Å². The van der Waals surface area contributed by atoms with Gasteiger partial charge in [0.2, 0.25) is 10.0 Å². The molecule has 2 aromatic heterocycles. The number of fused-ring (bicyclic) bond motifs is 1. The van der Waals surface area contributed by atoms with Gasteiger partial charge in [-0.2, -0.15) is 5.10 Å². The molecular formula is C17H20N6O4S2. The number of nitrogens with zero attached hydrogens (tertiary/aromatic N) is 4. The van der Waals surface area contributed by atoms with Gasteiger partial charge in [0.15, 0.2) is 21.3 Å². The summed E-state index contributed by atoms with van der Waals surface area (Å²) in [7, 11) is -6.87. The van der Waals surface area contributed by atoms with Crippen LogP contribution in [0.3, 0.4) is 0 Å². The summed E-state index contributed by atoms with van der Waals surface area (Å²) >= 11 is 0. The number of sulfonamides is 1. The quantitative estimate of drug-likeness (QED) is 0.583. The highest BCUT2D eigenvalue weighted by Crippen LogP contribution is 2.27. The van der Waals surface area contributed by atoms with E-state index < -0.39 is 19.9 Å². The maximum atomic E-state index is 12.8. The molecule has 29 heavy (non-hydrogen) atoms. The zero-order valence-corrected chi connectivity index (χ0v) is 17.2. The average molecular weight is 437 g/mol. The third-order valence-corrected chi connectivity index (χ3v) is 8.27. The molecular weight excluding hydrogens is 416 g/mol. The van der Waals surface area contributed by atoms with E-state index in [0.717, 1.165) is 5.56 Å². The lowest BCUT2D eigenvalue weighted by molar-refractivity contribution is 0.543. The second-order valence-electron chi connectivity index (χ2n) is 7.12. The smallest absolute Gasteiger partial charge is 0.240 e. The number of aryl methyl sites for hydroxylation is 1. The number of sulfone groups is 1. The number of hydrogen-bond acceptors (Lipinski definition) is 8. The van der Waals surface area contributed by atoms with Crippen LogP contribution in [0, 0.1) is 12.8 Å². The van der Waals surface area contributed by atoms with E-state index in [1.165, 1.54) is 16.9 Å². The molecule has 0 bridgehead atoms. The molecule has 3 heterocycles. The Morgan fingerprint density at radius 1 is 1.31 bits per heavy atom. The Labute approximate surface area is 168 Å². The summed E-state index contributed by atoms with van der Waals surface area (Å²) in [5.74, 6) is 0.129. The Kier molecular flexibility index (Phi) is 4.79. The number of nitrogen functional groups attached to an aromatic ring is 1. The summed E-state index contributed by atoms with van der Waals surface area (Å²) in [6, 6.07) is 4.76. The van der Waals surface area contributed by atoms with Gasteiger partial charge in [0.25, 0.3) is 0 Å². The molecule has 12 heteroatoms. The summed E-state index contributed by atoms with van der Waals surface area (Å²) < 4.78 is 52.7. The van der Waals surface area contributed by atoms with E-state index in [1.54, 1.807) is 18.3 Å². The van der Waals surface area contributed by atoms with Crippen molar-refractivity contribution in [3.8, 4) is 11.3 Å². The van der Waals surface area contributed by atoms with Crippen LogP contribution in [-0.2, 0) is 19.9 Å². The fourth-order valence-corrected chi connectivity index (χ4v) is 6.41. The zero-order chi connectivity index (χ0) is 20.8. The first-order valence-corrected chi connectivity index (χ1v) is 12.2. The molecule has 10 nitrogen and oxygen atoms in total. The lowest BCUT2D eigenvalue weighted by Gasteiger charge is -2.12. The van der Waals surface area contributed by atoms with Gasteiger partial charge in [0.1, 0.15) is 6.33 Å². The van der Waals surface area contributed by atoms with Crippen molar-refractivity contribution < 1.29 is 16.8 Å². The van der Waals surface area contributed by atoms with Crippen LogP contribution in [-0.4, -0.2) is 54.5 Å². The molecule has 3 aromatic rings. The summed E-state index contributed by atoms with van der Waals surface area (Å²) in [6.45, 7) is 1.94. The SMILES string of the molecule is Cc1ccc(S(=O)(=O)NCC2CCS(=O)(=O)C2)cc1-c1cnc2c(N)ncnn12. The summed E-state index contributed by atoms with van der Waals surface area (Å²) in [5, 5.41) is 4.15. The van der Waals surface area contributed by atoms with Gasteiger partial charge in [-0.1, -0.05) is 6.07 Å². The molecule has 0 saturated carbocycles. The third-order valence-electron chi connectivity index (χ3n) is 5.02. The maximum Gasteiger partial charge on any atom is 0.240 e. The van der Waals surface area contributed by atoms with Crippen LogP contribution in [0.15, 0.2) is 35.6 Å². The normalized spacial score (nSPS) is 19.0. The fourth-order valence-electron chi connectivity index (χ4n) is 3.41. The van der Waals surface area contributed by atoms with Crippen LogP contribution in [0.25, 0.3) is 16.9 Å². The van der Waals surface area contributed by atoms with Gasteiger partial charge >= 0.3 is 0 Å². The Hall–Kier alpha value is -2.57. The minimum atomic E-state index is -3.81. The Morgan fingerprint density at radius 2 is 2.10 bits per heavy atom. The van der Waals surface area contributed by atoms with E-state index in [1.807, 2.05) is 6.92 Å². The number of rotatable bonds is 5. The lowest BCUT2D eigenvalue weighted by Crippen LogP contribution is -2.30. The molecule has 1 saturated heterocycles.